The lowest BCUT2D eigenvalue weighted by atomic mass is 9.67. The molecule has 0 saturated heterocycles. The molecule has 1 N–H and O–H groups in total. The van der Waals surface area contributed by atoms with Gasteiger partial charge >= 0.3 is 0 Å². The van der Waals surface area contributed by atoms with Gasteiger partial charge in [0.2, 0.25) is 0 Å². The van der Waals surface area contributed by atoms with Crippen molar-refractivity contribution in [1.29, 1.82) is 0 Å². The molecule has 2 aliphatic carbocycles. The van der Waals surface area contributed by atoms with Crippen LogP contribution in [0.25, 0.3) is 0 Å². The summed E-state index contributed by atoms with van der Waals surface area (Å²) >= 11 is 0. The van der Waals surface area contributed by atoms with Gasteiger partial charge in [0.15, 0.2) is 0 Å². The topological polar surface area (TPSA) is 20.2 Å². The van der Waals surface area contributed by atoms with Crippen molar-refractivity contribution in [3.8, 4) is 0 Å². The summed E-state index contributed by atoms with van der Waals surface area (Å²) in [6, 6.07) is 8.82. The molecule has 0 aliphatic heterocycles. The van der Waals surface area contributed by atoms with Crippen molar-refractivity contribution >= 4 is 0 Å². The van der Waals surface area contributed by atoms with E-state index in [1.165, 1.54) is 31.2 Å². The van der Waals surface area contributed by atoms with Gasteiger partial charge in [-0.1, -0.05) is 51.0 Å². The van der Waals surface area contributed by atoms with E-state index in [-0.39, 0.29) is 0 Å². The summed E-state index contributed by atoms with van der Waals surface area (Å²) in [6.45, 7) is 4.50. The second kappa shape index (κ2) is 4.94. The second-order valence-electron chi connectivity index (χ2n) is 6.84. The number of aliphatic hydroxyl groups is 1. The highest BCUT2D eigenvalue weighted by atomic mass is 16.3. The van der Waals surface area contributed by atoms with Crippen LogP contribution in [-0.2, 0) is 5.60 Å². The van der Waals surface area contributed by atoms with Crippen molar-refractivity contribution in [3.63, 3.8) is 0 Å². The van der Waals surface area contributed by atoms with Crippen LogP contribution in [0.15, 0.2) is 24.3 Å². The van der Waals surface area contributed by atoms with Crippen LogP contribution >= 0.6 is 0 Å². The van der Waals surface area contributed by atoms with Crippen LogP contribution in [0.5, 0.6) is 0 Å². The van der Waals surface area contributed by atoms with E-state index in [0.717, 1.165) is 24.3 Å². The molecule has 19 heavy (non-hydrogen) atoms. The van der Waals surface area contributed by atoms with Gasteiger partial charge in [-0.25, -0.2) is 0 Å². The lowest BCUT2D eigenvalue weighted by Gasteiger charge is -2.43. The maximum absolute atomic E-state index is 11.2. The van der Waals surface area contributed by atoms with Crippen LogP contribution in [0, 0.1) is 11.8 Å². The first-order chi connectivity index (χ1) is 9.11. The summed E-state index contributed by atoms with van der Waals surface area (Å²) in [5, 5.41) is 11.2. The second-order valence-corrected chi connectivity index (χ2v) is 6.84. The predicted molar refractivity (Wildman–Crippen MR) is 79.1 cm³/mol. The van der Waals surface area contributed by atoms with E-state index in [9.17, 15) is 5.11 Å². The molecule has 0 aromatic heterocycles. The van der Waals surface area contributed by atoms with Crippen LogP contribution in [0.2, 0.25) is 0 Å². The predicted octanol–water partition coefficient (Wildman–Crippen LogP) is 4.60. The zero-order valence-corrected chi connectivity index (χ0v) is 12.2. The third-order valence-electron chi connectivity index (χ3n) is 5.79. The van der Waals surface area contributed by atoms with Crippen molar-refractivity contribution < 1.29 is 5.11 Å². The van der Waals surface area contributed by atoms with Gasteiger partial charge in [0.25, 0.3) is 0 Å². The fourth-order valence-corrected chi connectivity index (χ4v) is 3.85. The fourth-order valence-electron chi connectivity index (χ4n) is 3.85. The average Bonchev–Trinajstić information content (AvgIpc) is 2.34. The Balaban J connectivity index is 1.91. The Morgan fingerprint density at radius 1 is 1.11 bits per heavy atom. The van der Waals surface area contributed by atoms with E-state index in [1.54, 1.807) is 0 Å². The first-order valence-electron chi connectivity index (χ1n) is 7.94. The molecule has 3 unspecified atom stereocenters. The van der Waals surface area contributed by atoms with Gasteiger partial charge in [0.1, 0.15) is 0 Å². The molecule has 0 bridgehead atoms. The van der Waals surface area contributed by atoms with Crippen molar-refractivity contribution in [3.05, 3.63) is 35.4 Å². The molecule has 2 fully saturated rings. The van der Waals surface area contributed by atoms with E-state index in [4.69, 9.17) is 0 Å². The summed E-state index contributed by atoms with van der Waals surface area (Å²) in [6.07, 6.45) is 7.35. The largest absolute Gasteiger partial charge is 0.385 e. The van der Waals surface area contributed by atoms with Gasteiger partial charge in [-0.15, -0.1) is 0 Å². The molecule has 2 saturated carbocycles. The molecule has 104 valence electrons. The minimum absolute atomic E-state index is 0.359. The minimum atomic E-state index is -0.600. The first-order valence-corrected chi connectivity index (χ1v) is 7.94. The molecule has 1 nitrogen and oxygen atoms in total. The number of hydrogen-bond acceptors (Lipinski definition) is 1. The fraction of sp³-hybridized carbons (Fsp3) is 0.667. The highest BCUT2D eigenvalue weighted by molar-refractivity contribution is 5.32. The summed E-state index contributed by atoms with van der Waals surface area (Å²) in [5.74, 6) is 1.73. The molecular weight excluding hydrogens is 232 g/mol. The maximum atomic E-state index is 11.2. The average molecular weight is 258 g/mol. The van der Waals surface area contributed by atoms with Gasteiger partial charge in [0.05, 0.1) is 5.60 Å². The molecule has 1 aromatic rings. The minimum Gasteiger partial charge on any atom is -0.385 e. The Kier molecular flexibility index (Phi) is 3.42. The van der Waals surface area contributed by atoms with Crippen molar-refractivity contribution in [2.45, 2.75) is 63.9 Å². The molecule has 3 atom stereocenters. The Morgan fingerprint density at radius 3 is 2.58 bits per heavy atom. The molecule has 1 heteroatoms. The Hall–Kier alpha value is -0.820. The van der Waals surface area contributed by atoms with Crippen LogP contribution in [-0.4, -0.2) is 5.11 Å². The zero-order valence-electron chi connectivity index (χ0n) is 12.2. The molecule has 2 aliphatic rings. The van der Waals surface area contributed by atoms with Crippen LogP contribution in [0.1, 0.15) is 69.4 Å². The van der Waals surface area contributed by atoms with E-state index >= 15 is 0 Å². The van der Waals surface area contributed by atoms with Crippen LogP contribution < -0.4 is 0 Å². The number of benzene rings is 1. The van der Waals surface area contributed by atoms with Gasteiger partial charge in [-0.3, -0.25) is 0 Å². The molecular formula is C18H26O. The summed E-state index contributed by atoms with van der Waals surface area (Å²) in [7, 11) is 0. The maximum Gasteiger partial charge on any atom is 0.0924 e. The molecule has 0 spiro atoms. The van der Waals surface area contributed by atoms with Gasteiger partial charge in [-0.05, 0) is 54.6 Å². The van der Waals surface area contributed by atoms with Gasteiger partial charge in [-0.2, -0.15) is 0 Å². The zero-order chi connectivity index (χ0) is 13.5. The molecule has 0 amide bonds. The Labute approximate surface area is 117 Å². The normalized spacial score (nSPS) is 35.9. The molecule has 0 radical (unpaired) electrons. The van der Waals surface area contributed by atoms with Crippen molar-refractivity contribution in [1.82, 2.24) is 0 Å². The molecule has 3 rings (SSSR count). The highest BCUT2D eigenvalue weighted by Crippen LogP contribution is 2.45. The van der Waals surface area contributed by atoms with Crippen molar-refractivity contribution in [2.75, 3.05) is 0 Å². The summed E-state index contributed by atoms with van der Waals surface area (Å²) in [4.78, 5) is 0. The number of rotatable bonds is 2. The first kappa shape index (κ1) is 13.2. The van der Waals surface area contributed by atoms with Crippen LogP contribution in [0.3, 0.4) is 0 Å². The lowest BCUT2D eigenvalue weighted by molar-refractivity contribution is -0.0689. The third-order valence-corrected chi connectivity index (χ3v) is 5.79. The summed E-state index contributed by atoms with van der Waals surface area (Å²) in [5.41, 5.74) is 2.01. The van der Waals surface area contributed by atoms with Crippen molar-refractivity contribution in [2.24, 2.45) is 11.8 Å². The highest BCUT2D eigenvalue weighted by Gasteiger charge is 2.41. The Morgan fingerprint density at radius 2 is 1.89 bits per heavy atom. The Bertz CT molecular complexity index is 449. The van der Waals surface area contributed by atoms with E-state index in [1.807, 2.05) is 0 Å². The van der Waals surface area contributed by atoms with E-state index < -0.39 is 5.60 Å². The van der Waals surface area contributed by atoms with Gasteiger partial charge < -0.3 is 5.11 Å². The van der Waals surface area contributed by atoms with Gasteiger partial charge in [0, 0.05) is 0 Å². The van der Waals surface area contributed by atoms with E-state index in [0.29, 0.717) is 11.8 Å². The van der Waals surface area contributed by atoms with E-state index in [2.05, 4.69) is 38.1 Å². The third kappa shape index (κ3) is 2.23. The SMILES string of the molecule is CC1CCCC(O)(c2cccc(C3CCC3)c2)C1C. The lowest BCUT2D eigenvalue weighted by Crippen LogP contribution is -2.40. The number of hydrogen-bond donors (Lipinski definition) is 1. The smallest absolute Gasteiger partial charge is 0.0924 e. The molecule has 0 heterocycles. The molecule has 1 aromatic carbocycles. The quantitative estimate of drug-likeness (QED) is 0.822. The standard InChI is InChI=1S/C18H26O/c1-13-6-5-11-18(19,14(13)2)17-10-4-9-16(12-17)15-7-3-8-15/h4,9-10,12-15,19H,3,5-8,11H2,1-2H3. The van der Waals surface area contributed by atoms with Crippen LogP contribution in [0.4, 0.5) is 0 Å². The monoisotopic (exact) mass is 258 g/mol. The summed E-state index contributed by atoms with van der Waals surface area (Å²) < 4.78 is 0.